The van der Waals surface area contributed by atoms with Gasteiger partial charge in [-0.05, 0) is 136 Å². The number of carbonyl (C=O) groups excluding carboxylic acids is 1. The zero-order chi connectivity index (χ0) is 36.5. The maximum atomic E-state index is 12.8. The Balaban J connectivity index is 1.11. The minimum Gasteiger partial charge on any atom is -0.462 e. The molecule has 4 aliphatic carbocycles. The van der Waals surface area contributed by atoms with Crippen LogP contribution in [0.25, 0.3) is 0 Å². The normalized spacial score (nSPS) is 31.7. The summed E-state index contributed by atoms with van der Waals surface area (Å²) in [5, 5.41) is 0. The van der Waals surface area contributed by atoms with Gasteiger partial charge < -0.3 is 4.74 Å². The lowest BCUT2D eigenvalue weighted by Crippen LogP contribution is -2.52. The molecule has 0 heterocycles. The van der Waals surface area contributed by atoms with Crippen LogP contribution in [-0.4, -0.2) is 12.1 Å². The van der Waals surface area contributed by atoms with Gasteiger partial charge in [-0.15, -0.1) is 0 Å². The van der Waals surface area contributed by atoms with E-state index >= 15 is 0 Å². The summed E-state index contributed by atoms with van der Waals surface area (Å²) in [4.78, 5) is 12.8. The molecule has 4 aliphatic rings. The standard InChI is InChI=1S/C49H76O2/c1-7-8-9-10-11-12-13-14-15-16-17-18-19-20-21-22-23-24-25-29-47(50)51-42-31-33-44-41(38-42)30-32-45-46-35-34-43(40(4)28-26-27-39(2)3)48(46,5)36-37-49(44,45)6/h8-9,11-12,14-15,17-18,20-21,23-24,30,39-40,42-46H,7,10,13,16,19,22,25-29,31-38H2,1-6H3/b9-8-,12-11-,15-14-,18-17-,21-20-,24-23-/t40-,42?,43-,44+,45+,46+,48-,49-/m1/s1. The van der Waals surface area contributed by atoms with Crippen molar-refractivity contribution in [3.8, 4) is 0 Å². The predicted octanol–water partition coefficient (Wildman–Crippen LogP) is 14.4. The Hall–Kier alpha value is -2.35. The predicted molar refractivity (Wildman–Crippen MR) is 220 cm³/mol. The van der Waals surface area contributed by atoms with Crippen LogP contribution in [0.3, 0.4) is 0 Å². The average Bonchev–Trinajstić information content (AvgIpc) is 3.46. The topological polar surface area (TPSA) is 26.3 Å². The summed E-state index contributed by atoms with van der Waals surface area (Å²) in [5.74, 6) is 4.99. The summed E-state index contributed by atoms with van der Waals surface area (Å²) in [7, 11) is 0. The molecule has 0 aromatic carbocycles. The summed E-state index contributed by atoms with van der Waals surface area (Å²) >= 11 is 0. The van der Waals surface area contributed by atoms with E-state index in [9.17, 15) is 4.79 Å². The molecule has 3 fully saturated rings. The molecule has 0 saturated heterocycles. The van der Waals surface area contributed by atoms with Crippen molar-refractivity contribution in [2.24, 2.45) is 46.3 Å². The number of hydrogen-bond donors (Lipinski definition) is 0. The van der Waals surface area contributed by atoms with Crippen molar-refractivity contribution in [2.75, 3.05) is 0 Å². The highest BCUT2D eigenvalue weighted by atomic mass is 16.5. The van der Waals surface area contributed by atoms with Crippen LogP contribution in [0.1, 0.15) is 164 Å². The molecule has 0 bridgehead atoms. The van der Waals surface area contributed by atoms with E-state index in [0.717, 1.165) is 87.4 Å². The molecular weight excluding hydrogens is 621 g/mol. The fourth-order valence-electron chi connectivity index (χ4n) is 10.8. The first-order valence-corrected chi connectivity index (χ1v) is 21.5. The first-order valence-electron chi connectivity index (χ1n) is 21.5. The second-order valence-electron chi connectivity index (χ2n) is 17.6. The molecule has 2 nitrogen and oxygen atoms in total. The lowest BCUT2D eigenvalue weighted by Gasteiger charge is -2.60. The first kappa shape index (κ1) is 41.4. The molecule has 0 aromatic heterocycles. The lowest BCUT2D eigenvalue weighted by molar-refractivity contribution is -0.151. The first-order chi connectivity index (χ1) is 24.7. The minimum atomic E-state index is -0.0218. The minimum absolute atomic E-state index is 0.0218. The number of ether oxygens (including phenoxy) is 1. The molecular formula is C49H76O2. The Labute approximate surface area is 315 Å². The van der Waals surface area contributed by atoms with Gasteiger partial charge in [-0.25, -0.2) is 0 Å². The Morgan fingerprint density at radius 1 is 0.745 bits per heavy atom. The molecule has 4 rings (SSSR count). The molecule has 284 valence electrons. The van der Waals surface area contributed by atoms with Gasteiger partial charge in [-0.2, -0.15) is 0 Å². The maximum absolute atomic E-state index is 12.8. The van der Waals surface area contributed by atoms with E-state index in [4.69, 9.17) is 4.74 Å². The quantitative estimate of drug-likeness (QED) is 0.0935. The number of carbonyl (C=O) groups is 1. The van der Waals surface area contributed by atoms with Gasteiger partial charge in [0, 0.05) is 12.8 Å². The van der Waals surface area contributed by atoms with E-state index in [2.05, 4.69) is 121 Å². The molecule has 0 N–H and O–H groups in total. The van der Waals surface area contributed by atoms with E-state index in [0.29, 0.717) is 23.2 Å². The Bertz CT molecular complexity index is 1260. The maximum Gasteiger partial charge on any atom is 0.306 e. The molecule has 2 heteroatoms. The fourth-order valence-corrected chi connectivity index (χ4v) is 10.8. The third kappa shape index (κ3) is 12.1. The van der Waals surface area contributed by atoms with Crippen molar-refractivity contribution in [3.05, 3.63) is 84.6 Å². The van der Waals surface area contributed by atoms with Crippen LogP contribution < -0.4 is 0 Å². The van der Waals surface area contributed by atoms with Crippen LogP contribution in [0.5, 0.6) is 0 Å². The zero-order valence-corrected chi connectivity index (χ0v) is 33.8. The molecule has 0 aromatic rings. The number of fused-ring (bicyclic) bond motifs is 5. The van der Waals surface area contributed by atoms with Crippen LogP contribution in [0.15, 0.2) is 84.6 Å². The molecule has 8 atom stereocenters. The van der Waals surface area contributed by atoms with Crippen LogP contribution in [-0.2, 0) is 9.53 Å². The summed E-state index contributed by atoms with van der Waals surface area (Å²) in [6.07, 6.45) is 50.9. The monoisotopic (exact) mass is 697 g/mol. The fraction of sp³-hybridized carbons (Fsp3) is 0.694. The molecule has 3 saturated carbocycles. The van der Waals surface area contributed by atoms with Crippen molar-refractivity contribution in [1.29, 1.82) is 0 Å². The number of rotatable bonds is 20. The third-order valence-electron chi connectivity index (χ3n) is 13.7. The van der Waals surface area contributed by atoms with E-state index in [-0.39, 0.29) is 12.1 Å². The van der Waals surface area contributed by atoms with Gasteiger partial charge in [0.05, 0.1) is 0 Å². The SMILES string of the molecule is CC/C=C\C/C=C\C/C=C\C/C=C\C/C=C\C/C=C\CCC(=O)OC1CC[C@H]2C(=CC[C@H]3[C@@H]4CC[C@H]([C@H](C)CCCC(C)C)[C@@]4(C)CC[C@]23C)C1. The van der Waals surface area contributed by atoms with Crippen LogP contribution >= 0.6 is 0 Å². The van der Waals surface area contributed by atoms with E-state index < -0.39 is 0 Å². The van der Waals surface area contributed by atoms with Crippen LogP contribution in [0.4, 0.5) is 0 Å². The highest BCUT2D eigenvalue weighted by molar-refractivity contribution is 5.69. The molecule has 0 radical (unpaired) electrons. The zero-order valence-electron chi connectivity index (χ0n) is 33.8. The lowest BCUT2D eigenvalue weighted by atomic mass is 9.45. The van der Waals surface area contributed by atoms with Gasteiger partial charge in [-0.1, -0.05) is 145 Å². The van der Waals surface area contributed by atoms with Crippen LogP contribution in [0.2, 0.25) is 0 Å². The summed E-state index contributed by atoms with van der Waals surface area (Å²) < 4.78 is 6.07. The van der Waals surface area contributed by atoms with Crippen molar-refractivity contribution in [2.45, 2.75) is 170 Å². The molecule has 0 amide bonds. The average molecular weight is 697 g/mol. The van der Waals surface area contributed by atoms with Crippen molar-refractivity contribution in [3.63, 3.8) is 0 Å². The van der Waals surface area contributed by atoms with Gasteiger partial charge in [-0.3, -0.25) is 4.79 Å². The Morgan fingerprint density at radius 2 is 1.33 bits per heavy atom. The number of hydrogen-bond acceptors (Lipinski definition) is 2. The van der Waals surface area contributed by atoms with Gasteiger partial charge in [0.1, 0.15) is 6.10 Å². The highest BCUT2D eigenvalue weighted by Crippen LogP contribution is 2.68. The summed E-state index contributed by atoms with van der Waals surface area (Å²) in [6, 6.07) is 0. The third-order valence-corrected chi connectivity index (χ3v) is 13.7. The highest BCUT2D eigenvalue weighted by Gasteiger charge is 2.60. The Kier molecular flexibility index (Phi) is 17.4. The second-order valence-corrected chi connectivity index (χ2v) is 17.6. The largest absolute Gasteiger partial charge is 0.462 e. The number of allylic oxidation sites excluding steroid dienone is 13. The Morgan fingerprint density at radius 3 is 1.94 bits per heavy atom. The van der Waals surface area contributed by atoms with Crippen molar-refractivity contribution < 1.29 is 9.53 Å². The molecule has 1 unspecified atom stereocenters. The van der Waals surface area contributed by atoms with E-state index in [1.165, 1.54) is 57.8 Å². The molecule has 0 aliphatic heterocycles. The van der Waals surface area contributed by atoms with Gasteiger partial charge in [0.25, 0.3) is 0 Å². The molecule has 51 heavy (non-hydrogen) atoms. The summed E-state index contributed by atoms with van der Waals surface area (Å²) in [5.41, 5.74) is 2.58. The van der Waals surface area contributed by atoms with E-state index in [1.807, 2.05) is 0 Å². The van der Waals surface area contributed by atoms with Gasteiger partial charge in [0.2, 0.25) is 0 Å². The van der Waals surface area contributed by atoms with Gasteiger partial charge in [0.15, 0.2) is 0 Å². The smallest absolute Gasteiger partial charge is 0.306 e. The van der Waals surface area contributed by atoms with E-state index in [1.54, 1.807) is 5.57 Å². The molecule has 0 spiro atoms. The van der Waals surface area contributed by atoms with Gasteiger partial charge >= 0.3 is 5.97 Å². The summed E-state index contributed by atoms with van der Waals surface area (Å²) in [6.45, 7) is 14.8. The van der Waals surface area contributed by atoms with Crippen molar-refractivity contribution in [1.82, 2.24) is 0 Å². The van der Waals surface area contributed by atoms with Crippen LogP contribution in [0, 0.1) is 46.3 Å². The van der Waals surface area contributed by atoms with Crippen molar-refractivity contribution >= 4 is 5.97 Å². The second kappa shape index (κ2) is 21.4. The number of esters is 1.